The van der Waals surface area contributed by atoms with Crippen molar-refractivity contribution < 1.29 is 8.42 Å². The summed E-state index contributed by atoms with van der Waals surface area (Å²) in [5.74, 6) is 0.810. The van der Waals surface area contributed by atoms with Crippen LogP contribution in [-0.2, 0) is 9.84 Å². The molecule has 0 radical (unpaired) electrons. The van der Waals surface area contributed by atoms with Gasteiger partial charge in [-0.25, -0.2) is 8.42 Å². The predicted octanol–water partition coefficient (Wildman–Crippen LogP) is 3.17. The highest BCUT2D eigenvalue weighted by Gasteiger charge is 2.28. The Bertz CT molecular complexity index is 310. The van der Waals surface area contributed by atoms with E-state index in [2.05, 4.69) is 0 Å². The van der Waals surface area contributed by atoms with Crippen molar-refractivity contribution in [1.29, 1.82) is 0 Å². The molecule has 0 heterocycles. The number of hydrogen-bond acceptors (Lipinski definition) is 2. The predicted molar refractivity (Wildman–Crippen MR) is 67.3 cm³/mol. The molecule has 0 amide bonds. The molecule has 90 valence electrons. The lowest BCUT2D eigenvalue weighted by Crippen LogP contribution is -2.30. The number of allylic oxidation sites excluding steroid dienone is 2. The van der Waals surface area contributed by atoms with Crippen LogP contribution < -0.4 is 0 Å². The van der Waals surface area contributed by atoms with Crippen molar-refractivity contribution in [3.05, 3.63) is 11.6 Å². The highest BCUT2D eigenvalue weighted by Crippen LogP contribution is 2.18. The third-order valence-electron chi connectivity index (χ3n) is 2.30. The average molecular weight is 253 g/mol. The molecule has 0 spiro atoms. The second kappa shape index (κ2) is 5.90. The van der Waals surface area contributed by atoms with Crippen LogP contribution in [0.15, 0.2) is 11.6 Å². The molecule has 0 aliphatic carbocycles. The van der Waals surface area contributed by atoms with Crippen molar-refractivity contribution in [3.8, 4) is 0 Å². The number of rotatable bonds is 5. The van der Waals surface area contributed by atoms with Crippen LogP contribution in [0.1, 0.15) is 40.5 Å². The Kier molecular flexibility index (Phi) is 5.89. The fraction of sp³-hybridized carbons (Fsp3) is 0.818. The summed E-state index contributed by atoms with van der Waals surface area (Å²) in [4.78, 5) is 0. The first-order valence-electron chi connectivity index (χ1n) is 5.14. The van der Waals surface area contributed by atoms with Gasteiger partial charge in [0.1, 0.15) is 0 Å². The van der Waals surface area contributed by atoms with Crippen molar-refractivity contribution >= 4 is 21.4 Å². The maximum absolute atomic E-state index is 11.8. The number of hydrogen-bond donors (Lipinski definition) is 0. The van der Waals surface area contributed by atoms with Gasteiger partial charge in [0.2, 0.25) is 0 Å². The molecule has 0 atom stereocenters. The van der Waals surface area contributed by atoms with E-state index in [1.54, 1.807) is 20.8 Å². The van der Waals surface area contributed by atoms with E-state index < -0.39 is 14.6 Å². The van der Waals surface area contributed by atoms with Crippen LogP contribution >= 0.6 is 11.6 Å². The minimum absolute atomic E-state index is 0.223. The SMILES string of the molecule is CC(=CCCCl)CCS(=O)(=O)C(C)(C)C. The second-order valence-electron chi connectivity index (χ2n) is 4.71. The van der Waals surface area contributed by atoms with Crippen LogP contribution in [0, 0.1) is 0 Å². The topological polar surface area (TPSA) is 34.1 Å². The molecular formula is C11H21ClO2S. The third kappa shape index (κ3) is 5.57. The number of alkyl halides is 1. The smallest absolute Gasteiger partial charge is 0.155 e. The van der Waals surface area contributed by atoms with E-state index in [-0.39, 0.29) is 5.75 Å². The Morgan fingerprint density at radius 2 is 1.87 bits per heavy atom. The molecule has 0 rings (SSSR count). The monoisotopic (exact) mass is 252 g/mol. The van der Waals surface area contributed by atoms with E-state index in [1.807, 2.05) is 13.0 Å². The summed E-state index contributed by atoms with van der Waals surface area (Å²) in [6, 6.07) is 0. The Morgan fingerprint density at radius 3 is 2.27 bits per heavy atom. The summed E-state index contributed by atoms with van der Waals surface area (Å²) < 4.78 is 22.9. The molecule has 0 saturated heterocycles. The Labute approximate surface area is 98.6 Å². The van der Waals surface area contributed by atoms with E-state index in [1.165, 1.54) is 0 Å². The van der Waals surface area contributed by atoms with Crippen LogP contribution in [0.25, 0.3) is 0 Å². The first kappa shape index (κ1) is 15.0. The van der Waals surface area contributed by atoms with Crippen LogP contribution in [0.2, 0.25) is 0 Å². The molecule has 15 heavy (non-hydrogen) atoms. The normalized spacial score (nSPS) is 14.3. The van der Waals surface area contributed by atoms with E-state index in [4.69, 9.17) is 11.6 Å². The fourth-order valence-corrected chi connectivity index (χ4v) is 2.32. The van der Waals surface area contributed by atoms with Crippen molar-refractivity contribution in [2.45, 2.75) is 45.3 Å². The molecule has 0 aliphatic heterocycles. The van der Waals surface area contributed by atoms with Crippen LogP contribution in [-0.4, -0.2) is 24.8 Å². The Morgan fingerprint density at radius 1 is 1.33 bits per heavy atom. The molecule has 0 saturated carbocycles. The molecule has 0 unspecified atom stereocenters. The van der Waals surface area contributed by atoms with Gasteiger partial charge in [0.25, 0.3) is 0 Å². The molecule has 0 aromatic heterocycles. The number of sulfone groups is 1. The van der Waals surface area contributed by atoms with Crippen LogP contribution in [0.4, 0.5) is 0 Å². The summed E-state index contributed by atoms with van der Waals surface area (Å²) in [5.41, 5.74) is 1.10. The van der Waals surface area contributed by atoms with E-state index >= 15 is 0 Å². The molecule has 2 nitrogen and oxygen atoms in total. The largest absolute Gasteiger partial charge is 0.228 e. The van der Waals surface area contributed by atoms with Gasteiger partial charge in [0.15, 0.2) is 9.84 Å². The first-order chi connectivity index (χ1) is 6.70. The van der Waals surface area contributed by atoms with Crippen molar-refractivity contribution in [2.24, 2.45) is 0 Å². The van der Waals surface area contributed by atoms with Gasteiger partial charge in [-0.3, -0.25) is 0 Å². The molecule has 0 fully saturated rings. The Hall–Kier alpha value is -0.0200. The average Bonchev–Trinajstić information content (AvgIpc) is 2.09. The molecule has 0 aromatic carbocycles. The zero-order valence-electron chi connectivity index (χ0n) is 10.0. The highest BCUT2D eigenvalue weighted by atomic mass is 35.5. The zero-order valence-corrected chi connectivity index (χ0v) is 11.6. The first-order valence-corrected chi connectivity index (χ1v) is 7.33. The van der Waals surface area contributed by atoms with Crippen molar-refractivity contribution in [1.82, 2.24) is 0 Å². The molecule has 0 aromatic rings. The van der Waals surface area contributed by atoms with E-state index in [0.29, 0.717) is 12.3 Å². The van der Waals surface area contributed by atoms with Crippen molar-refractivity contribution in [3.63, 3.8) is 0 Å². The van der Waals surface area contributed by atoms with E-state index in [0.717, 1.165) is 12.0 Å². The molecule has 0 N–H and O–H groups in total. The fourth-order valence-electron chi connectivity index (χ4n) is 1.00. The van der Waals surface area contributed by atoms with Gasteiger partial charge in [0.05, 0.1) is 10.5 Å². The standard InChI is InChI=1S/C11H21ClO2S/c1-10(6-5-8-12)7-9-15(13,14)11(2,3)4/h6H,5,7-9H2,1-4H3. The lowest BCUT2D eigenvalue weighted by Gasteiger charge is -2.19. The second-order valence-corrected chi connectivity index (χ2v) is 7.95. The van der Waals surface area contributed by atoms with Crippen LogP contribution in [0.3, 0.4) is 0 Å². The van der Waals surface area contributed by atoms with Crippen molar-refractivity contribution in [2.75, 3.05) is 11.6 Å². The summed E-state index contributed by atoms with van der Waals surface area (Å²) in [7, 11) is -2.99. The lowest BCUT2D eigenvalue weighted by atomic mass is 10.2. The molecule has 0 bridgehead atoms. The van der Waals surface area contributed by atoms with Gasteiger partial charge in [-0.15, -0.1) is 11.6 Å². The van der Waals surface area contributed by atoms with Crippen LogP contribution in [0.5, 0.6) is 0 Å². The highest BCUT2D eigenvalue weighted by molar-refractivity contribution is 7.92. The third-order valence-corrected chi connectivity index (χ3v) is 5.13. The zero-order chi connectivity index (χ0) is 12.1. The minimum atomic E-state index is -2.99. The van der Waals surface area contributed by atoms with Gasteiger partial charge in [-0.2, -0.15) is 0 Å². The summed E-state index contributed by atoms with van der Waals surface area (Å²) >= 11 is 5.55. The lowest BCUT2D eigenvalue weighted by molar-refractivity contribution is 0.559. The maximum Gasteiger partial charge on any atom is 0.155 e. The molecular weight excluding hydrogens is 232 g/mol. The summed E-state index contributed by atoms with van der Waals surface area (Å²) in [5, 5.41) is 0. The summed E-state index contributed by atoms with van der Waals surface area (Å²) in [6.07, 6.45) is 3.42. The Balaban J connectivity index is 4.29. The minimum Gasteiger partial charge on any atom is -0.228 e. The molecule has 0 aliphatic rings. The van der Waals surface area contributed by atoms with Gasteiger partial charge in [-0.1, -0.05) is 11.6 Å². The van der Waals surface area contributed by atoms with Gasteiger partial charge in [-0.05, 0) is 40.5 Å². The maximum atomic E-state index is 11.8. The number of halogens is 1. The van der Waals surface area contributed by atoms with Gasteiger partial charge in [0, 0.05) is 5.88 Å². The summed E-state index contributed by atoms with van der Waals surface area (Å²) in [6.45, 7) is 7.16. The van der Waals surface area contributed by atoms with Gasteiger partial charge >= 0.3 is 0 Å². The molecule has 4 heteroatoms. The van der Waals surface area contributed by atoms with Gasteiger partial charge < -0.3 is 0 Å². The van der Waals surface area contributed by atoms with E-state index in [9.17, 15) is 8.42 Å². The quantitative estimate of drug-likeness (QED) is 0.556.